The van der Waals surface area contributed by atoms with Gasteiger partial charge < -0.3 is 0 Å². The molecule has 0 aliphatic heterocycles. The molecule has 2 aromatic rings. The van der Waals surface area contributed by atoms with Crippen LogP contribution in [0.4, 0.5) is 8.78 Å². The number of halogens is 2. The van der Waals surface area contributed by atoms with E-state index < -0.39 is 11.6 Å². The lowest BCUT2D eigenvalue weighted by molar-refractivity contribution is 0.525. The normalized spacial score (nSPS) is 12.6. The van der Waals surface area contributed by atoms with Crippen molar-refractivity contribution in [2.75, 3.05) is 0 Å². The summed E-state index contributed by atoms with van der Waals surface area (Å²) in [5, 5.41) is 2.00. The number of hydrogen-bond donors (Lipinski definition) is 2. The highest BCUT2D eigenvalue weighted by Gasteiger charge is 2.17. The second kappa shape index (κ2) is 6.23. The number of nitrogens with one attached hydrogen (secondary N) is 1. The number of aryl methyl sites for hydroxylation is 1. The fourth-order valence-electron chi connectivity index (χ4n) is 2.08. The first-order valence-electron chi connectivity index (χ1n) is 6.12. The molecule has 102 valence electrons. The third-order valence-corrected chi connectivity index (χ3v) is 4.19. The van der Waals surface area contributed by atoms with E-state index in [1.165, 1.54) is 17.7 Å². The van der Waals surface area contributed by atoms with E-state index in [0.717, 1.165) is 17.4 Å². The molecule has 19 heavy (non-hydrogen) atoms. The Morgan fingerprint density at radius 1 is 1.26 bits per heavy atom. The number of benzene rings is 1. The highest BCUT2D eigenvalue weighted by molar-refractivity contribution is 7.10. The van der Waals surface area contributed by atoms with Crippen molar-refractivity contribution in [2.24, 2.45) is 5.84 Å². The molecule has 0 aliphatic carbocycles. The van der Waals surface area contributed by atoms with Gasteiger partial charge in [-0.1, -0.05) is 13.0 Å². The molecule has 0 amide bonds. The molecule has 1 heterocycles. The Morgan fingerprint density at radius 2 is 2.05 bits per heavy atom. The van der Waals surface area contributed by atoms with Gasteiger partial charge in [0.25, 0.3) is 0 Å². The van der Waals surface area contributed by atoms with E-state index in [-0.39, 0.29) is 6.04 Å². The van der Waals surface area contributed by atoms with E-state index in [1.54, 1.807) is 11.3 Å². The summed E-state index contributed by atoms with van der Waals surface area (Å²) in [6.07, 6.45) is 1.30. The SMILES string of the molecule is CCc1ccsc1C(Cc1ccc(F)cc1F)NN. The first kappa shape index (κ1) is 14.1. The first-order valence-corrected chi connectivity index (χ1v) is 7.00. The molecule has 2 rings (SSSR count). The summed E-state index contributed by atoms with van der Waals surface area (Å²) in [7, 11) is 0. The molecule has 0 fully saturated rings. The molecule has 0 radical (unpaired) electrons. The van der Waals surface area contributed by atoms with Gasteiger partial charge in [0.05, 0.1) is 6.04 Å². The van der Waals surface area contributed by atoms with Crippen molar-refractivity contribution in [1.82, 2.24) is 5.43 Å². The molecule has 1 unspecified atom stereocenters. The number of hydrogen-bond acceptors (Lipinski definition) is 3. The summed E-state index contributed by atoms with van der Waals surface area (Å²) in [5.41, 5.74) is 4.38. The minimum absolute atomic E-state index is 0.157. The van der Waals surface area contributed by atoms with Crippen LogP contribution >= 0.6 is 11.3 Å². The van der Waals surface area contributed by atoms with Crippen molar-refractivity contribution in [2.45, 2.75) is 25.8 Å². The molecule has 1 aromatic carbocycles. The van der Waals surface area contributed by atoms with Gasteiger partial charge in [-0.25, -0.2) is 8.78 Å². The summed E-state index contributed by atoms with van der Waals surface area (Å²) in [5.74, 6) is 4.48. The Kier molecular flexibility index (Phi) is 4.63. The molecule has 2 nitrogen and oxygen atoms in total. The first-order chi connectivity index (χ1) is 9.15. The van der Waals surface area contributed by atoms with Gasteiger partial charge in [-0.2, -0.15) is 0 Å². The fraction of sp³-hybridized carbons (Fsp3) is 0.286. The Morgan fingerprint density at radius 3 is 2.68 bits per heavy atom. The molecule has 0 saturated heterocycles. The molecule has 0 bridgehead atoms. The van der Waals surface area contributed by atoms with Crippen molar-refractivity contribution >= 4 is 11.3 Å². The van der Waals surface area contributed by atoms with Crippen molar-refractivity contribution < 1.29 is 8.78 Å². The maximum absolute atomic E-state index is 13.7. The van der Waals surface area contributed by atoms with Crippen LogP contribution in [0.1, 0.15) is 29.0 Å². The van der Waals surface area contributed by atoms with E-state index in [9.17, 15) is 8.78 Å². The predicted octanol–water partition coefficient (Wildman–Crippen LogP) is 3.34. The maximum Gasteiger partial charge on any atom is 0.129 e. The molecule has 1 aromatic heterocycles. The molecule has 0 aliphatic rings. The Bertz CT molecular complexity index is 554. The van der Waals surface area contributed by atoms with Crippen molar-refractivity contribution in [3.63, 3.8) is 0 Å². The van der Waals surface area contributed by atoms with Gasteiger partial charge in [-0.3, -0.25) is 11.3 Å². The minimum Gasteiger partial charge on any atom is -0.271 e. The summed E-state index contributed by atoms with van der Waals surface area (Å²) in [4.78, 5) is 1.11. The second-order valence-corrected chi connectivity index (χ2v) is 5.27. The molecule has 3 N–H and O–H groups in total. The number of thiophene rings is 1. The van der Waals surface area contributed by atoms with Gasteiger partial charge in [0.1, 0.15) is 11.6 Å². The van der Waals surface area contributed by atoms with Crippen molar-refractivity contribution in [3.05, 3.63) is 57.3 Å². The Balaban J connectivity index is 2.24. The largest absolute Gasteiger partial charge is 0.271 e. The van der Waals surface area contributed by atoms with Crippen LogP contribution in [0.25, 0.3) is 0 Å². The monoisotopic (exact) mass is 282 g/mol. The number of hydrazine groups is 1. The molecule has 0 spiro atoms. The number of nitrogens with two attached hydrogens (primary N) is 1. The smallest absolute Gasteiger partial charge is 0.129 e. The zero-order chi connectivity index (χ0) is 13.8. The van der Waals surface area contributed by atoms with E-state index in [1.807, 2.05) is 11.4 Å². The van der Waals surface area contributed by atoms with Gasteiger partial charge in [-0.05, 0) is 41.5 Å². The Hall–Kier alpha value is -1.30. The van der Waals surface area contributed by atoms with Crippen LogP contribution in [-0.2, 0) is 12.8 Å². The predicted molar refractivity (Wildman–Crippen MR) is 73.8 cm³/mol. The van der Waals surface area contributed by atoms with Crippen molar-refractivity contribution in [3.8, 4) is 0 Å². The van der Waals surface area contributed by atoms with E-state index in [0.29, 0.717) is 12.0 Å². The van der Waals surface area contributed by atoms with Gasteiger partial charge in [-0.15, -0.1) is 11.3 Å². The quantitative estimate of drug-likeness (QED) is 0.652. The van der Waals surface area contributed by atoms with Crippen LogP contribution in [0.2, 0.25) is 0 Å². The van der Waals surface area contributed by atoms with E-state index in [2.05, 4.69) is 12.3 Å². The van der Waals surface area contributed by atoms with Crippen LogP contribution in [0.15, 0.2) is 29.6 Å². The fourth-order valence-corrected chi connectivity index (χ4v) is 3.14. The zero-order valence-electron chi connectivity index (χ0n) is 10.6. The van der Waals surface area contributed by atoms with Crippen LogP contribution in [0, 0.1) is 11.6 Å². The van der Waals surface area contributed by atoms with Crippen LogP contribution < -0.4 is 11.3 Å². The lowest BCUT2D eigenvalue weighted by Gasteiger charge is -2.16. The summed E-state index contributed by atoms with van der Waals surface area (Å²) in [6, 6.07) is 5.52. The molecule has 0 saturated carbocycles. The minimum atomic E-state index is -0.566. The maximum atomic E-state index is 13.7. The zero-order valence-corrected chi connectivity index (χ0v) is 11.4. The average Bonchev–Trinajstić information content (AvgIpc) is 2.86. The molecule has 1 atom stereocenters. The highest BCUT2D eigenvalue weighted by Crippen LogP contribution is 2.28. The van der Waals surface area contributed by atoms with E-state index in [4.69, 9.17) is 5.84 Å². The Labute approximate surface area is 115 Å². The van der Waals surface area contributed by atoms with Gasteiger partial charge in [0, 0.05) is 10.9 Å². The lowest BCUT2D eigenvalue weighted by Crippen LogP contribution is -2.29. The molecular weight excluding hydrogens is 266 g/mol. The third-order valence-electron chi connectivity index (χ3n) is 3.12. The van der Waals surface area contributed by atoms with Gasteiger partial charge in [0.2, 0.25) is 0 Å². The number of rotatable bonds is 5. The standard InChI is InChI=1S/C14H16F2N2S/c1-2-9-5-6-19-14(9)13(18-17)7-10-3-4-11(15)8-12(10)16/h3-6,8,13,18H,2,7,17H2,1H3. The summed E-state index contributed by atoms with van der Waals surface area (Å²) >= 11 is 1.60. The van der Waals surface area contributed by atoms with Crippen LogP contribution in [0.5, 0.6) is 0 Å². The van der Waals surface area contributed by atoms with Gasteiger partial charge >= 0.3 is 0 Å². The average molecular weight is 282 g/mol. The topological polar surface area (TPSA) is 38.0 Å². The molecule has 5 heteroatoms. The highest BCUT2D eigenvalue weighted by atomic mass is 32.1. The summed E-state index contributed by atoms with van der Waals surface area (Å²) < 4.78 is 26.5. The van der Waals surface area contributed by atoms with Gasteiger partial charge in [0.15, 0.2) is 0 Å². The molecular formula is C14H16F2N2S. The lowest BCUT2D eigenvalue weighted by atomic mass is 10.0. The third kappa shape index (κ3) is 3.18. The van der Waals surface area contributed by atoms with E-state index >= 15 is 0 Å². The van der Waals surface area contributed by atoms with Crippen LogP contribution in [0.3, 0.4) is 0 Å². The second-order valence-electron chi connectivity index (χ2n) is 4.32. The summed E-state index contributed by atoms with van der Waals surface area (Å²) in [6.45, 7) is 2.07. The van der Waals surface area contributed by atoms with Crippen molar-refractivity contribution in [1.29, 1.82) is 0 Å². The van der Waals surface area contributed by atoms with Crippen LogP contribution in [-0.4, -0.2) is 0 Å².